The van der Waals surface area contributed by atoms with Crippen LogP contribution < -0.4 is 0 Å². The van der Waals surface area contributed by atoms with E-state index in [0.717, 1.165) is 6.42 Å². The molecule has 7 atom stereocenters. The maximum absolute atomic E-state index is 16.1. The van der Waals surface area contributed by atoms with Crippen molar-refractivity contribution in [3.8, 4) is 0 Å². The molecule has 0 aromatic heterocycles. The van der Waals surface area contributed by atoms with Crippen molar-refractivity contribution in [1.29, 1.82) is 0 Å². The molecule has 0 spiro atoms. The Kier molecular flexibility index (Phi) is 4.74. The smallest absolute Gasteiger partial charge is 0.178 e. The third kappa shape index (κ3) is 2.64. The highest BCUT2D eigenvalue weighted by molar-refractivity contribution is 5.99. The zero-order chi connectivity index (χ0) is 18.5. The number of aliphatic hydroxyl groups is 2. The summed E-state index contributed by atoms with van der Waals surface area (Å²) in [6, 6.07) is 0. The lowest BCUT2D eigenvalue weighted by molar-refractivity contribution is -0.191. The average Bonchev–Trinajstić information content (AvgIpc) is 2.75. The molecule has 3 aliphatic carbocycles. The van der Waals surface area contributed by atoms with Crippen molar-refractivity contribution < 1.29 is 19.4 Å². The summed E-state index contributed by atoms with van der Waals surface area (Å²) >= 11 is 0. The van der Waals surface area contributed by atoms with Gasteiger partial charge in [-0.25, -0.2) is 4.39 Å². The zero-order valence-corrected chi connectivity index (χ0v) is 15.5. The van der Waals surface area contributed by atoms with Gasteiger partial charge in [-0.05, 0) is 62.0 Å². The molecule has 0 aromatic carbocycles. The maximum atomic E-state index is 16.1. The third-order valence-electron chi connectivity index (χ3n) is 7.68. The summed E-state index contributed by atoms with van der Waals surface area (Å²) < 4.78 is 16.1. The Labute approximate surface area is 150 Å². The van der Waals surface area contributed by atoms with Crippen LogP contribution in [0.5, 0.6) is 0 Å². The van der Waals surface area contributed by atoms with Crippen molar-refractivity contribution >= 4 is 5.78 Å². The number of alkyl halides is 1. The number of hydrogen-bond donors (Lipinski definition) is 2. The van der Waals surface area contributed by atoms with Gasteiger partial charge in [0.1, 0.15) is 5.67 Å². The Balaban J connectivity index is 2.02. The molecule has 2 N–H and O–H groups in total. The van der Waals surface area contributed by atoms with E-state index >= 15 is 4.39 Å². The Morgan fingerprint density at radius 3 is 2.64 bits per heavy atom. The first-order chi connectivity index (χ1) is 11.7. The fourth-order valence-corrected chi connectivity index (χ4v) is 6.18. The lowest BCUT2D eigenvalue weighted by Gasteiger charge is -2.56. The molecule has 2 saturated carbocycles. The minimum atomic E-state index is -1.73. The molecule has 0 heterocycles. The van der Waals surface area contributed by atoms with Crippen molar-refractivity contribution in [3.05, 3.63) is 24.3 Å². The number of ketones is 1. The number of halogens is 1. The van der Waals surface area contributed by atoms with E-state index in [0.29, 0.717) is 19.3 Å². The lowest BCUT2D eigenvalue weighted by atomic mass is 9.53. The normalized spacial score (nSPS) is 50.4. The summed E-state index contributed by atoms with van der Waals surface area (Å²) in [5, 5.41) is 22.2. The van der Waals surface area contributed by atoms with Crippen LogP contribution in [0, 0.1) is 23.2 Å². The summed E-state index contributed by atoms with van der Waals surface area (Å²) in [5.41, 5.74) is -3.07. The number of carbonyl (C=O) groups is 1. The van der Waals surface area contributed by atoms with Gasteiger partial charge < -0.3 is 10.2 Å². The molecular formula is C21H31FO3. The highest BCUT2D eigenvalue weighted by Gasteiger charge is 2.68. The molecule has 2 fully saturated rings. The Hall–Kier alpha value is -1.00. The highest BCUT2D eigenvalue weighted by Crippen LogP contribution is 2.66. The Morgan fingerprint density at radius 2 is 1.96 bits per heavy atom. The predicted molar refractivity (Wildman–Crippen MR) is 95.7 cm³/mol. The summed E-state index contributed by atoms with van der Waals surface area (Å²) in [7, 11) is 0. The first-order valence-corrected chi connectivity index (χ1v) is 9.65. The molecule has 3 aliphatic rings. The largest absolute Gasteiger partial charge is 0.390 e. The van der Waals surface area contributed by atoms with Gasteiger partial charge in [0.2, 0.25) is 0 Å². The molecule has 0 aliphatic heterocycles. The topological polar surface area (TPSA) is 57.5 Å². The molecule has 0 radical (unpaired) electrons. The number of carbonyl (C=O) groups excluding carboxylic acids is 1. The summed E-state index contributed by atoms with van der Waals surface area (Å²) in [5.74, 6) is -0.318. The summed E-state index contributed by atoms with van der Waals surface area (Å²) in [6.45, 7) is 6.08. The van der Waals surface area contributed by atoms with Crippen LogP contribution >= 0.6 is 0 Å². The van der Waals surface area contributed by atoms with Crippen molar-refractivity contribution in [1.82, 2.24) is 0 Å². The van der Waals surface area contributed by atoms with Gasteiger partial charge >= 0.3 is 0 Å². The van der Waals surface area contributed by atoms with E-state index in [1.54, 1.807) is 18.2 Å². The number of hydrogen-bond acceptors (Lipinski definition) is 3. The molecule has 7 unspecified atom stereocenters. The molecule has 3 rings (SSSR count). The molecule has 4 heteroatoms. The van der Waals surface area contributed by atoms with Crippen LogP contribution in [-0.4, -0.2) is 33.4 Å². The maximum Gasteiger partial charge on any atom is 0.178 e. The predicted octanol–water partition coefficient (Wildman–Crippen LogP) is 3.74. The number of fused-ring (bicyclic) bond motifs is 3. The van der Waals surface area contributed by atoms with E-state index in [-0.39, 0.29) is 36.4 Å². The van der Waals surface area contributed by atoms with Crippen LogP contribution in [0.15, 0.2) is 24.3 Å². The lowest BCUT2D eigenvalue weighted by Crippen LogP contribution is -2.61. The van der Waals surface area contributed by atoms with Crippen LogP contribution in [0.1, 0.15) is 59.3 Å². The van der Waals surface area contributed by atoms with Gasteiger partial charge in [-0.15, -0.1) is 0 Å². The van der Waals surface area contributed by atoms with Crippen molar-refractivity contribution in [2.75, 3.05) is 0 Å². The van der Waals surface area contributed by atoms with Gasteiger partial charge in [-0.2, -0.15) is 0 Å². The van der Waals surface area contributed by atoms with E-state index in [2.05, 4.69) is 6.92 Å². The monoisotopic (exact) mass is 350 g/mol. The van der Waals surface area contributed by atoms with Gasteiger partial charge in [-0.3, -0.25) is 4.79 Å². The van der Waals surface area contributed by atoms with E-state index in [1.165, 1.54) is 6.08 Å². The molecular weight excluding hydrogens is 319 g/mol. The fourth-order valence-electron chi connectivity index (χ4n) is 6.18. The highest BCUT2D eigenvalue weighted by atomic mass is 19.1. The van der Waals surface area contributed by atoms with Crippen LogP contribution in [-0.2, 0) is 4.79 Å². The molecule has 0 saturated heterocycles. The quantitative estimate of drug-likeness (QED) is 0.757. The summed E-state index contributed by atoms with van der Waals surface area (Å²) in [6.07, 6.45) is 8.16. The van der Waals surface area contributed by atoms with E-state index in [1.807, 2.05) is 13.8 Å². The first kappa shape index (κ1) is 18.8. The third-order valence-corrected chi connectivity index (χ3v) is 7.68. The number of allylic oxidation sites excluding steroid dienone is 4. The second-order valence-electron chi connectivity index (χ2n) is 8.68. The molecule has 0 bridgehead atoms. The van der Waals surface area contributed by atoms with Crippen LogP contribution in [0.25, 0.3) is 0 Å². The Morgan fingerprint density at radius 1 is 1.28 bits per heavy atom. The molecule has 25 heavy (non-hydrogen) atoms. The number of rotatable bonds is 1. The molecule has 140 valence electrons. The molecule has 0 aromatic rings. The van der Waals surface area contributed by atoms with Crippen LogP contribution in [0.3, 0.4) is 0 Å². The Bertz CT molecular complexity index is 600. The van der Waals surface area contributed by atoms with Crippen molar-refractivity contribution in [2.45, 2.75) is 76.7 Å². The van der Waals surface area contributed by atoms with Crippen LogP contribution in [0.2, 0.25) is 0 Å². The van der Waals surface area contributed by atoms with Gasteiger partial charge in [0.15, 0.2) is 5.78 Å². The van der Waals surface area contributed by atoms with E-state index in [9.17, 15) is 15.0 Å². The molecule has 0 amide bonds. The minimum absolute atomic E-state index is 0.0396. The summed E-state index contributed by atoms with van der Waals surface area (Å²) in [4.78, 5) is 11.7. The minimum Gasteiger partial charge on any atom is -0.390 e. The van der Waals surface area contributed by atoms with Gasteiger partial charge in [0, 0.05) is 11.8 Å². The van der Waals surface area contributed by atoms with Crippen molar-refractivity contribution in [3.63, 3.8) is 0 Å². The number of aliphatic hydroxyl groups excluding tert-OH is 1. The SMILES string of the molecule is CCC1(O)C(C)CC2C3CCC=CC(=O)C=CCC3(F)C(O)CC21C. The van der Waals surface area contributed by atoms with Gasteiger partial charge in [-0.1, -0.05) is 32.9 Å². The first-order valence-electron chi connectivity index (χ1n) is 9.65. The standard InChI is InChI=1S/C21H31FO3/c1-4-21(25)14(2)12-17-16-10-6-5-8-15(23)9-7-11-20(16,22)18(24)13-19(17,21)3/h5,7-9,14,16-18,24-25H,4,6,10-13H2,1-3H3. The van der Waals surface area contributed by atoms with Gasteiger partial charge in [0.05, 0.1) is 11.7 Å². The second-order valence-corrected chi connectivity index (χ2v) is 8.68. The second kappa shape index (κ2) is 6.31. The van der Waals surface area contributed by atoms with E-state index < -0.39 is 22.8 Å². The van der Waals surface area contributed by atoms with Crippen LogP contribution in [0.4, 0.5) is 4.39 Å². The fraction of sp³-hybridized carbons (Fsp3) is 0.762. The zero-order valence-electron chi connectivity index (χ0n) is 15.5. The molecule has 3 nitrogen and oxygen atoms in total. The van der Waals surface area contributed by atoms with E-state index in [4.69, 9.17) is 0 Å². The van der Waals surface area contributed by atoms with Crippen molar-refractivity contribution in [2.24, 2.45) is 23.2 Å². The average molecular weight is 350 g/mol. The van der Waals surface area contributed by atoms with Gasteiger partial charge in [0.25, 0.3) is 0 Å².